The van der Waals surface area contributed by atoms with Crippen molar-refractivity contribution in [2.45, 2.75) is 25.0 Å². The van der Waals surface area contributed by atoms with Crippen LogP contribution in [0.25, 0.3) is 0 Å². The van der Waals surface area contributed by atoms with Crippen molar-refractivity contribution in [2.24, 2.45) is 11.5 Å². The van der Waals surface area contributed by atoms with E-state index >= 15 is 0 Å². The quantitative estimate of drug-likeness (QED) is 0.134. The Hall–Kier alpha value is -1.94. The van der Waals surface area contributed by atoms with Gasteiger partial charge in [0.2, 0.25) is 0 Å². The van der Waals surface area contributed by atoms with Crippen molar-refractivity contribution in [1.82, 2.24) is 5.01 Å². The standard InChI is InChI=1S/C8H17N5O5/c1-18-7(15)6(14)5(9)3-2-4-12(8(10)11)13(16)17/h5-6,14H,2-4,9H2,1H3,(H3,10,11). The smallest absolute Gasteiger partial charge is 0.336 e. The van der Waals surface area contributed by atoms with E-state index in [1.165, 1.54) is 0 Å². The van der Waals surface area contributed by atoms with E-state index in [4.69, 9.17) is 16.9 Å². The number of nitrogens with zero attached hydrogens (tertiary/aromatic N) is 2. The van der Waals surface area contributed by atoms with Crippen LogP contribution in [0.4, 0.5) is 0 Å². The second-order valence-electron chi connectivity index (χ2n) is 3.52. The van der Waals surface area contributed by atoms with Gasteiger partial charge in [-0.2, -0.15) is 0 Å². The molecule has 0 aromatic carbocycles. The predicted molar refractivity (Wildman–Crippen MR) is 60.8 cm³/mol. The zero-order valence-corrected chi connectivity index (χ0v) is 9.91. The second kappa shape index (κ2) is 7.40. The number of aliphatic hydroxyl groups excluding tert-OH is 1. The van der Waals surface area contributed by atoms with Crippen molar-refractivity contribution >= 4 is 11.9 Å². The van der Waals surface area contributed by atoms with Crippen LogP contribution in [0.1, 0.15) is 12.8 Å². The Morgan fingerprint density at radius 1 is 1.67 bits per heavy atom. The average molecular weight is 263 g/mol. The Kier molecular flexibility index (Phi) is 6.60. The third kappa shape index (κ3) is 4.93. The normalized spacial score (nSPS) is 13.5. The van der Waals surface area contributed by atoms with Gasteiger partial charge in [-0.15, -0.1) is 0 Å². The highest BCUT2D eigenvalue weighted by Gasteiger charge is 2.24. The summed E-state index contributed by atoms with van der Waals surface area (Å²) >= 11 is 0. The zero-order valence-electron chi connectivity index (χ0n) is 9.91. The molecule has 0 aliphatic heterocycles. The van der Waals surface area contributed by atoms with Gasteiger partial charge in [0.25, 0.3) is 5.96 Å². The molecule has 0 heterocycles. The van der Waals surface area contributed by atoms with E-state index in [-0.39, 0.29) is 19.4 Å². The lowest BCUT2D eigenvalue weighted by Crippen LogP contribution is -2.44. The number of rotatable bonds is 7. The number of nitrogens with two attached hydrogens (primary N) is 2. The summed E-state index contributed by atoms with van der Waals surface area (Å²) in [6.45, 7) is -0.135. The molecule has 0 rings (SSSR count). The number of hydrazine groups is 1. The van der Waals surface area contributed by atoms with E-state index in [0.717, 1.165) is 7.11 Å². The maximum Gasteiger partial charge on any atom is 0.336 e. The van der Waals surface area contributed by atoms with E-state index in [1.54, 1.807) is 0 Å². The highest BCUT2D eigenvalue weighted by atomic mass is 16.7. The molecular weight excluding hydrogens is 246 g/mol. The minimum absolute atomic E-state index is 0.135. The molecule has 0 radical (unpaired) electrons. The largest absolute Gasteiger partial charge is 0.467 e. The van der Waals surface area contributed by atoms with Gasteiger partial charge in [-0.05, 0) is 12.8 Å². The lowest BCUT2D eigenvalue weighted by molar-refractivity contribution is -0.629. The van der Waals surface area contributed by atoms with E-state index in [2.05, 4.69) is 4.74 Å². The van der Waals surface area contributed by atoms with Gasteiger partial charge in [0.05, 0.1) is 13.7 Å². The molecule has 10 nitrogen and oxygen atoms in total. The van der Waals surface area contributed by atoms with Crippen LogP contribution >= 0.6 is 0 Å². The fourth-order valence-electron chi connectivity index (χ4n) is 1.22. The van der Waals surface area contributed by atoms with Crippen LogP contribution in [0.5, 0.6) is 0 Å². The number of nitrogens with one attached hydrogen (secondary N) is 1. The van der Waals surface area contributed by atoms with Gasteiger partial charge in [-0.25, -0.2) is 14.9 Å². The third-order valence-corrected chi connectivity index (χ3v) is 2.23. The molecule has 0 aliphatic carbocycles. The van der Waals surface area contributed by atoms with Crippen LogP contribution in [0.15, 0.2) is 0 Å². The minimum Gasteiger partial charge on any atom is -0.467 e. The summed E-state index contributed by atoms with van der Waals surface area (Å²) in [5.74, 6) is -1.55. The first-order chi connectivity index (χ1) is 8.31. The fourth-order valence-corrected chi connectivity index (χ4v) is 1.22. The Morgan fingerprint density at radius 3 is 2.61 bits per heavy atom. The predicted octanol–water partition coefficient (Wildman–Crippen LogP) is -1.99. The Bertz CT molecular complexity index is 309. The number of ether oxygens (including phenoxy) is 1. The highest BCUT2D eigenvalue weighted by molar-refractivity contribution is 5.75. The molecule has 0 bridgehead atoms. The average Bonchev–Trinajstić information content (AvgIpc) is 2.31. The number of hydrogen-bond acceptors (Lipinski definition) is 7. The first-order valence-corrected chi connectivity index (χ1v) is 5.08. The van der Waals surface area contributed by atoms with E-state index in [9.17, 15) is 20.0 Å². The van der Waals surface area contributed by atoms with Crippen molar-refractivity contribution in [3.63, 3.8) is 0 Å². The van der Waals surface area contributed by atoms with Crippen LogP contribution in [0.3, 0.4) is 0 Å². The second-order valence-corrected chi connectivity index (χ2v) is 3.52. The van der Waals surface area contributed by atoms with Crippen LogP contribution in [0, 0.1) is 15.5 Å². The molecule has 18 heavy (non-hydrogen) atoms. The number of aliphatic hydroxyl groups is 1. The topological polar surface area (TPSA) is 169 Å². The molecule has 10 heteroatoms. The lowest BCUT2D eigenvalue weighted by atomic mass is 10.1. The number of carbonyl (C=O) groups excluding carboxylic acids is 1. The van der Waals surface area contributed by atoms with Crippen LogP contribution in [0.2, 0.25) is 0 Å². The van der Waals surface area contributed by atoms with Crippen LogP contribution < -0.4 is 11.5 Å². The van der Waals surface area contributed by atoms with E-state index in [1.807, 2.05) is 0 Å². The molecule has 0 aromatic rings. The van der Waals surface area contributed by atoms with E-state index < -0.39 is 29.1 Å². The van der Waals surface area contributed by atoms with Crippen molar-refractivity contribution in [3.05, 3.63) is 10.1 Å². The van der Waals surface area contributed by atoms with E-state index in [0.29, 0.717) is 5.01 Å². The molecule has 0 aliphatic rings. The summed E-state index contributed by atoms with van der Waals surface area (Å²) < 4.78 is 4.30. The van der Waals surface area contributed by atoms with Gasteiger partial charge >= 0.3 is 5.97 Å². The highest BCUT2D eigenvalue weighted by Crippen LogP contribution is 2.03. The number of methoxy groups -OCH3 is 1. The van der Waals surface area contributed by atoms with Crippen molar-refractivity contribution in [3.8, 4) is 0 Å². The number of hydrogen-bond donors (Lipinski definition) is 4. The number of nitro groups is 1. The van der Waals surface area contributed by atoms with Gasteiger partial charge in [0.15, 0.2) is 11.1 Å². The Labute approximate surface area is 103 Å². The maximum atomic E-state index is 10.9. The summed E-state index contributed by atoms with van der Waals surface area (Å²) in [4.78, 5) is 21.4. The number of esters is 1. The summed E-state index contributed by atoms with van der Waals surface area (Å²) in [5.41, 5.74) is 10.5. The molecule has 2 unspecified atom stereocenters. The number of guanidine groups is 1. The molecule has 104 valence electrons. The monoisotopic (exact) mass is 263 g/mol. The molecule has 6 N–H and O–H groups in total. The Morgan fingerprint density at radius 2 is 2.22 bits per heavy atom. The summed E-state index contributed by atoms with van der Waals surface area (Å²) in [5, 5.41) is 26.4. The summed E-state index contributed by atoms with van der Waals surface area (Å²) in [7, 11) is 1.11. The first-order valence-electron chi connectivity index (χ1n) is 5.08. The summed E-state index contributed by atoms with van der Waals surface area (Å²) in [6, 6.07) is -0.891. The molecule has 0 spiro atoms. The molecule has 0 fully saturated rings. The molecule has 0 saturated heterocycles. The van der Waals surface area contributed by atoms with Crippen LogP contribution in [-0.4, -0.2) is 52.9 Å². The third-order valence-electron chi connectivity index (χ3n) is 2.23. The van der Waals surface area contributed by atoms with Crippen LogP contribution in [-0.2, 0) is 9.53 Å². The number of carbonyl (C=O) groups is 1. The molecule has 0 amide bonds. The van der Waals surface area contributed by atoms with Gasteiger partial charge in [0.1, 0.15) is 0 Å². The van der Waals surface area contributed by atoms with Gasteiger partial charge < -0.3 is 21.3 Å². The lowest BCUT2D eigenvalue weighted by Gasteiger charge is -2.17. The molecule has 0 aromatic heterocycles. The first kappa shape index (κ1) is 16.1. The van der Waals surface area contributed by atoms with Gasteiger partial charge in [0, 0.05) is 6.04 Å². The SMILES string of the molecule is COC(=O)C(O)C(N)CCCN(C(=N)N)[N+](=O)[O-]. The minimum atomic E-state index is -1.48. The fraction of sp³-hybridized carbons (Fsp3) is 0.750. The maximum absolute atomic E-state index is 10.9. The zero-order chi connectivity index (χ0) is 14.3. The van der Waals surface area contributed by atoms with Crippen molar-refractivity contribution in [1.29, 1.82) is 5.41 Å². The molecular formula is C8H17N5O5. The molecule has 2 atom stereocenters. The van der Waals surface area contributed by atoms with Gasteiger partial charge in [-0.1, -0.05) is 5.01 Å². The Balaban J connectivity index is 4.14. The van der Waals surface area contributed by atoms with Crippen molar-refractivity contribution < 1.29 is 19.7 Å². The van der Waals surface area contributed by atoms with Crippen molar-refractivity contribution in [2.75, 3.05) is 13.7 Å². The molecule has 0 saturated carbocycles. The summed E-state index contributed by atoms with van der Waals surface area (Å²) in [6.07, 6.45) is -1.14. The van der Waals surface area contributed by atoms with Gasteiger partial charge in [-0.3, -0.25) is 5.41 Å².